The molecule has 0 aromatic heterocycles. The number of hydrogen-bond donors (Lipinski definition) is 1. The lowest BCUT2D eigenvalue weighted by Crippen LogP contribution is -2.55. The Hall–Kier alpha value is -1.13. The van der Waals surface area contributed by atoms with Gasteiger partial charge in [0.15, 0.2) is 0 Å². The van der Waals surface area contributed by atoms with E-state index in [9.17, 15) is 10.1 Å². The molecule has 0 bridgehead atoms. The first kappa shape index (κ1) is 26.9. The second kappa shape index (κ2) is 10.3. The lowest BCUT2D eigenvalue weighted by molar-refractivity contribution is -0.296. The first-order chi connectivity index (χ1) is 16.5. The zero-order chi connectivity index (χ0) is 25.5. The van der Waals surface area contributed by atoms with Gasteiger partial charge in [0.05, 0.1) is 0 Å². The van der Waals surface area contributed by atoms with Crippen molar-refractivity contribution < 1.29 is 19.7 Å². The van der Waals surface area contributed by atoms with E-state index in [-0.39, 0.29) is 29.0 Å². The Morgan fingerprint density at radius 3 is 2.49 bits per heavy atom. The average Bonchev–Trinajstić information content (AvgIpc) is 3.16. The summed E-state index contributed by atoms with van der Waals surface area (Å²) >= 11 is 0. The Labute approximate surface area is 213 Å². The number of rotatable bonds is 7. The third kappa shape index (κ3) is 4.79. The van der Waals surface area contributed by atoms with Crippen LogP contribution in [0.4, 0.5) is 0 Å². The Balaban J connectivity index is 1.57. The fourth-order valence-electron chi connectivity index (χ4n) is 9.21. The summed E-state index contributed by atoms with van der Waals surface area (Å²) in [6, 6.07) is 0. The molecule has 198 valence electrons. The van der Waals surface area contributed by atoms with E-state index in [0.29, 0.717) is 41.4 Å². The van der Waals surface area contributed by atoms with Gasteiger partial charge in [-0.3, -0.25) is 10.1 Å². The van der Waals surface area contributed by atoms with Crippen molar-refractivity contribution in [2.75, 3.05) is 0 Å². The van der Waals surface area contributed by atoms with Crippen LogP contribution in [-0.4, -0.2) is 23.4 Å². The predicted molar refractivity (Wildman–Crippen MR) is 141 cm³/mol. The SMILES string of the molecule is CC[C@H](/C=C/[C@@H](C)[C@H]1CC[C@H]2[C@@H]3[C@H](OO)C=C4C[C@@H](OC(C)=O)CC[C@]4(C)[C@H]3CC[C@]12C)C(C)C. The summed E-state index contributed by atoms with van der Waals surface area (Å²) in [4.78, 5) is 16.8. The van der Waals surface area contributed by atoms with Crippen molar-refractivity contribution in [2.24, 2.45) is 52.3 Å². The minimum absolute atomic E-state index is 0.0437. The molecule has 0 aromatic carbocycles. The molecule has 0 amide bonds. The Morgan fingerprint density at radius 1 is 1.11 bits per heavy atom. The summed E-state index contributed by atoms with van der Waals surface area (Å²) in [6.45, 7) is 15.9. The van der Waals surface area contributed by atoms with Gasteiger partial charge in [0, 0.05) is 13.3 Å². The molecule has 1 N–H and O–H groups in total. The Bertz CT molecular complexity index is 830. The van der Waals surface area contributed by atoms with E-state index < -0.39 is 0 Å². The fourth-order valence-corrected chi connectivity index (χ4v) is 9.21. The average molecular weight is 487 g/mol. The van der Waals surface area contributed by atoms with E-state index in [1.165, 1.54) is 44.6 Å². The van der Waals surface area contributed by atoms with E-state index in [0.717, 1.165) is 19.3 Å². The molecule has 4 nitrogen and oxygen atoms in total. The van der Waals surface area contributed by atoms with Crippen LogP contribution in [-0.2, 0) is 14.4 Å². The van der Waals surface area contributed by atoms with Gasteiger partial charge in [-0.15, -0.1) is 0 Å². The maximum atomic E-state index is 11.6. The van der Waals surface area contributed by atoms with Crippen LogP contribution in [0, 0.1) is 52.3 Å². The molecule has 35 heavy (non-hydrogen) atoms. The minimum Gasteiger partial charge on any atom is -0.462 e. The van der Waals surface area contributed by atoms with Crippen LogP contribution in [0.25, 0.3) is 0 Å². The third-order valence-corrected chi connectivity index (χ3v) is 11.2. The van der Waals surface area contributed by atoms with Crippen molar-refractivity contribution in [3.63, 3.8) is 0 Å². The highest BCUT2D eigenvalue weighted by atomic mass is 17.1. The predicted octanol–water partition coefficient (Wildman–Crippen LogP) is 7.84. The van der Waals surface area contributed by atoms with Crippen LogP contribution >= 0.6 is 0 Å². The van der Waals surface area contributed by atoms with Gasteiger partial charge in [0.25, 0.3) is 0 Å². The fraction of sp³-hybridized carbons (Fsp3) is 0.839. The smallest absolute Gasteiger partial charge is 0.302 e. The normalized spacial score (nSPS) is 42.7. The van der Waals surface area contributed by atoms with Gasteiger partial charge in [0.2, 0.25) is 0 Å². The lowest BCUT2D eigenvalue weighted by atomic mass is 9.46. The van der Waals surface area contributed by atoms with E-state index in [1.807, 2.05) is 0 Å². The van der Waals surface area contributed by atoms with E-state index in [1.54, 1.807) is 0 Å². The Morgan fingerprint density at radius 2 is 1.86 bits per heavy atom. The largest absolute Gasteiger partial charge is 0.462 e. The highest BCUT2D eigenvalue weighted by Gasteiger charge is 2.61. The van der Waals surface area contributed by atoms with Crippen molar-refractivity contribution in [3.8, 4) is 0 Å². The van der Waals surface area contributed by atoms with Gasteiger partial charge in [0.1, 0.15) is 12.2 Å². The third-order valence-electron chi connectivity index (χ3n) is 11.2. The van der Waals surface area contributed by atoms with E-state index in [4.69, 9.17) is 9.62 Å². The van der Waals surface area contributed by atoms with Crippen molar-refractivity contribution in [3.05, 3.63) is 23.8 Å². The lowest BCUT2D eigenvalue weighted by Gasteiger charge is -2.59. The van der Waals surface area contributed by atoms with Gasteiger partial charge >= 0.3 is 5.97 Å². The summed E-state index contributed by atoms with van der Waals surface area (Å²) in [6.07, 6.45) is 15.9. The molecular formula is C31H50O4. The van der Waals surface area contributed by atoms with Crippen LogP contribution in [0.15, 0.2) is 23.8 Å². The molecule has 3 fully saturated rings. The summed E-state index contributed by atoms with van der Waals surface area (Å²) in [7, 11) is 0. The van der Waals surface area contributed by atoms with E-state index >= 15 is 0 Å². The Kier molecular flexibility index (Phi) is 7.94. The summed E-state index contributed by atoms with van der Waals surface area (Å²) in [5.41, 5.74) is 1.74. The zero-order valence-electron chi connectivity index (χ0n) is 23.3. The molecule has 4 rings (SSSR count). The summed E-state index contributed by atoms with van der Waals surface area (Å²) in [5.74, 6) is 3.87. The molecular weight excluding hydrogens is 436 g/mol. The number of carbonyl (C=O) groups excluding carboxylic acids is 1. The second-order valence-electron chi connectivity index (χ2n) is 13.2. The van der Waals surface area contributed by atoms with Gasteiger partial charge in [-0.25, -0.2) is 4.89 Å². The maximum Gasteiger partial charge on any atom is 0.302 e. The maximum absolute atomic E-state index is 11.6. The van der Waals surface area contributed by atoms with Crippen molar-refractivity contribution in [2.45, 2.75) is 112 Å². The molecule has 4 aliphatic carbocycles. The number of hydrogen-bond acceptors (Lipinski definition) is 4. The highest BCUT2D eigenvalue weighted by Crippen LogP contribution is 2.67. The van der Waals surface area contributed by atoms with Gasteiger partial charge in [-0.2, -0.15) is 0 Å². The first-order valence-electron chi connectivity index (χ1n) is 14.4. The number of esters is 1. The first-order valence-corrected chi connectivity index (χ1v) is 14.4. The molecule has 0 aromatic rings. The van der Waals surface area contributed by atoms with Crippen LogP contribution < -0.4 is 0 Å². The molecule has 3 saturated carbocycles. The van der Waals surface area contributed by atoms with Crippen LogP contribution in [0.1, 0.15) is 99.8 Å². The molecule has 0 radical (unpaired) electrons. The highest BCUT2D eigenvalue weighted by molar-refractivity contribution is 5.66. The zero-order valence-corrected chi connectivity index (χ0v) is 23.3. The molecule has 0 spiro atoms. The van der Waals surface area contributed by atoms with Crippen molar-refractivity contribution in [1.29, 1.82) is 0 Å². The summed E-state index contributed by atoms with van der Waals surface area (Å²) in [5, 5.41) is 10.1. The molecule has 0 saturated heterocycles. The molecule has 0 heterocycles. The van der Waals surface area contributed by atoms with Crippen molar-refractivity contribution >= 4 is 5.97 Å². The summed E-state index contributed by atoms with van der Waals surface area (Å²) < 4.78 is 5.59. The van der Waals surface area contributed by atoms with Gasteiger partial charge in [-0.1, -0.05) is 65.3 Å². The monoisotopic (exact) mass is 486 g/mol. The van der Waals surface area contributed by atoms with Crippen LogP contribution in [0.2, 0.25) is 0 Å². The van der Waals surface area contributed by atoms with E-state index in [2.05, 4.69) is 59.8 Å². The van der Waals surface area contributed by atoms with Crippen molar-refractivity contribution in [1.82, 2.24) is 0 Å². The topological polar surface area (TPSA) is 55.8 Å². The quantitative estimate of drug-likeness (QED) is 0.172. The molecule has 4 heteroatoms. The number of fused-ring (bicyclic) bond motifs is 5. The van der Waals surface area contributed by atoms with Crippen LogP contribution in [0.3, 0.4) is 0 Å². The standard InChI is InChI=1S/C31H50O4/c1-8-22(19(2)3)10-9-20(4)25-11-12-26-29-27(14-16-31(25,26)7)30(6)15-13-24(34-21(5)32)17-23(30)18-28(29)35-33/h9-10,18-20,22,24-29,33H,8,11-17H2,1-7H3/b10-9+/t20-,22-,24+,25-,26+,27+,28-,29+,30+,31-/m1/s1. The number of carbonyl (C=O) groups is 1. The minimum atomic E-state index is -0.251. The van der Waals surface area contributed by atoms with Gasteiger partial charge < -0.3 is 4.74 Å². The second-order valence-corrected chi connectivity index (χ2v) is 13.2. The molecule has 0 unspecified atom stereocenters. The molecule has 10 atom stereocenters. The number of ether oxygens (including phenoxy) is 1. The van der Waals surface area contributed by atoms with Gasteiger partial charge in [-0.05, 0) is 97.2 Å². The molecule has 4 aliphatic rings. The van der Waals surface area contributed by atoms with Crippen LogP contribution in [0.5, 0.6) is 0 Å². The molecule has 0 aliphatic heterocycles. The number of allylic oxidation sites excluding steroid dienone is 2.